The van der Waals surface area contributed by atoms with Crippen LogP contribution in [-0.2, 0) is 15.6 Å². The Labute approximate surface area is 250 Å². The summed E-state index contributed by atoms with van der Waals surface area (Å²) in [7, 11) is -0.751. The number of aromatic nitrogens is 2. The third-order valence-corrected chi connectivity index (χ3v) is 10.6. The van der Waals surface area contributed by atoms with Crippen molar-refractivity contribution >= 4 is 44.1 Å². The number of hydrogen-bond donors (Lipinski definition) is 2. The largest absolute Gasteiger partial charge is 0.378 e. The third kappa shape index (κ3) is 4.91. The molecule has 4 aromatic rings. The van der Waals surface area contributed by atoms with Crippen LogP contribution in [0, 0.1) is 0 Å². The van der Waals surface area contributed by atoms with Crippen molar-refractivity contribution in [2.45, 2.75) is 41.8 Å². The lowest BCUT2D eigenvalue weighted by molar-refractivity contribution is 0.0165. The Hall–Kier alpha value is -3.58. The van der Waals surface area contributed by atoms with E-state index in [0.29, 0.717) is 17.2 Å². The van der Waals surface area contributed by atoms with Crippen molar-refractivity contribution in [2.75, 3.05) is 38.6 Å². The highest BCUT2D eigenvalue weighted by molar-refractivity contribution is 7.89. The van der Waals surface area contributed by atoms with Crippen LogP contribution in [0.15, 0.2) is 82.3 Å². The molecule has 0 spiro atoms. The second-order valence-corrected chi connectivity index (χ2v) is 13.6. The smallest absolute Gasteiger partial charge is 0.244 e. The maximum absolute atomic E-state index is 12.8. The quantitative estimate of drug-likeness (QED) is 0.304. The zero-order valence-electron chi connectivity index (χ0n) is 23.6. The maximum atomic E-state index is 12.8. The lowest BCUT2D eigenvalue weighted by Gasteiger charge is -2.41. The van der Waals surface area contributed by atoms with Gasteiger partial charge in [0.1, 0.15) is 10.5 Å². The summed E-state index contributed by atoms with van der Waals surface area (Å²) in [6, 6.07) is 22.8. The van der Waals surface area contributed by atoms with Gasteiger partial charge in [-0.1, -0.05) is 60.7 Å². The van der Waals surface area contributed by atoms with Gasteiger partial charge in [-0.05, 0) is 65.1 Å². The molecule has 3 aromatic carbocycles. The van der Waals surface area contributed by atoms with Crippen molar-refractivity contribution in [3.05, 3.63) is 83.9 Å². The molecule has 0 saturated carbocycles. The molecule has 220 valence electrons. The summed E-state index contributed by atoms with van der Waals surface area (Å²) in [6.07, 6.45) is 2.55. The number of nitrogens with zero attached hydrogens (tertiary/aromatic N) is 5. The first kappa shape index (κ1) is 28.5. The molecule has 10 nitrogen and oxygen atoms in total. The predicted molar refractivity (Wildman–Crippen MR) is 165 cm³/mol. The molecular formula is C30H34N6O4S2. The van der Waals surface area contributed by atoms with Crippen molar-refractivity contribution < 1.29 is 18.2 Å². The minimum Gasteiger partial charge on any atom is -0.378 e. The fourth-order valence-electron chi connectivity index (χ4n) is 6.23. The van der Waals surface area contributed by atoms with Crippen LogP contribution in [0.2, 0.25) is 0 Å². The second-order valence-electron chi connectivity index (χ2n) is 11.1. The molecule has 1 aromatic heterocycles. The summed E-state index contributed by atoms with van der Waals surface area (Å²) in [5.41, 5.74) is 1.85. The molecule has 0 amide bonds. The molecule has 2 atom stereocenters. The van der Waals surface area contributed by atoms with E-state index in [4.69, 9.17) is 16.8 Å². The summed E-state index contributed by atoms with van der Waals surface area (Å²) < 4.78 is 31.7. The number of nitrogens with one attached hydrogen (secondary N) is 1. The van der Waals surface area contributed by atoms with Crippen LogP contribution in [0.1, 0.15) is 30.4 Å². The molecule has 0 aliphatic carbocycles. The molecule has 2 aliphatic rings. The Morgan fingerprint density at radius 2 is 1.62 bits per heavy atom. The molecule has 0 radical (unpaired) electrons. The van der Waals surface area contributed by atoms with Gasteiger partial charge in [-0.15, -0.1) is 0 Å². The molecule has 3 heterocycles. The van der Waals surface area contributed by atoms with E-state index in [0.717, 1.165) is 53.5 Å². The van der Waals surface area contributed by atoms with E-state index in [9.17, 15) is 13.5 Å². The van der Waals surface area contributed by atoms with Crippen LogP contribution in [0.3, 0.4) is 0 Å². The molecule has 2 saturated heterocycles. The van der Waals surface area contributed by atoms with E-state index in [2.05, 4.69) is 25.4 Å². The Morgan fingerprint density at radius 1 is 0.976 bits per heavy atom. The Kier molecular flexibility index (Phi) is 7.64. The number of thiocarbonyl (C=S) groups is 1. The molecule has 0 unspecified atom stereocenters. The van der Waals surface area contributed by atoms with Gasteiger partial charge in [0.2, 0.25) is 10.0 Å². The summed E-state index contributed by atoms with van der Waals surface area (Å²) in [6.45, 7) is 2.12. The first-order chi connectivity index (χ1) is 20.2. The van der Waals surface area contributed by atoms with E-state index in [1.807, 2.05) is 60.7 Å². The van der Waals surface area contributed by atoms with Crippen molar-refractivity contribution in [1.82, 2.24) is 24.8 Å². The lowest BCUT2D eigenvalue weighted by Crippen LogP contribution is -2.54. The van der Waals surface area contributed by atoms with Gasteiger partial charge in [-0.3, -0.25) is 0 Å². The SMILES string of the molecule is CN(C)S(=O)(=O)c1ccc(N2CC[C@@H](NC(=S)N3CCC[C@@H]3C(O)(c3ccccc3)c3ccccc3)C2)c2nonc12. The zero-order valence-corrected chi connectivity index (χ0v) is 25.2. The lowest BCUT2D eigenvalue weighted by atomic mass is 9.79. The predicted octanol–water partition coefficient (Wildman–Crippen LogP) is 3.33. The minimum absolute atomic E-state index is 0.0559. The van der Waals surface area contributed by atoms with Gasteiger partial charge in [0.25, 0.3) is 0 Å². The Balaban J connectivity index is 1.21. The summed E-state index contributed by atoms with van der Waals surface area (Å²) in [5.74, 6) is 0. The number of sulfonamides is 1. The van der Waals surface area contributed by atoms with Crippen LogP contribution in [-0.4, -0.2) is 84.0 Å². The number of anilines is 1. The summed E-state index contributed by atoms with van der Waals surface area (Å²) in [4.78, 5) is 4.34. The van der Waals surface area contributed by atoms with Crippen molar-refractivity contribution in [3.63, 3.8) is 0 Å². The highest BCUT2D eigenvalue weighted by Crippen LogP contribution is 2.40. The standard InChI is InChI=1S/C30H34N6O4S2/c1-34(2)42(38,39)25-16-15-24(27-28(25)33-40-32-27)35-19-17-23(20-35)31-29(41)36-18-9-14-26(36)30(37,21-10-5-3-6-11-21)22-12-7-4-8-13-22/h3-8,10-13,15-16,23,26,37H,9,14,17-20H2,1-2H3,(H,31,41)/t23-,26-/m1/s1. The highest BCUT2D eigenvalue weighted by atomic mass is 32.2. The van der Waals surface area contributed by atoms with E-state index in [1.165, 1.54) is 14.1 Å². The van der Waals surface area contributed by atoms with Gasteiger partial charge in [0.15, 0.2) is 16.1 Å². The minimum atomic E-state index is -3.71. The fraction of sp³-hybridized carbons (Fsp3) is 0.367. The van der Waals surface area contributed by atoms with Gasteiger partial charge in [-0.25, -0.2) is 17.4 Å². The molecule has 6 rings (SSSR count). The Bertz CT molecular complexity index is 1640. The number of fused-ring (bicyclic) bond motifs is 1. The van der Waals surface area contributed by atoms with Crippen LogP contribution >= 0.6 is 12.2 Å². The third-order valence-electron chi connectivity index (χ3n) is 8.40. The van der Waals surface area contributed by atoms with Gasteiger partial charge >= 0.3 is 0 Å². The van der Waals surface area contributed by atoms with Crippen molar-refractivity contribution in [1.29, 1.82) is 0 Å². The number of benzene rings is 3. The van der Waals surface area contributed by atoms with Gasteiger partial charge < -0.3 is 20.2 Å². The van der Waals surface area contributed by atoms with Gasteiger partial charge in [-0.2, -0.15) is 0 Å². The maximum Gasteiger partial charge on any atom is 0.244 e. The fourth-order valence-corrected chi connectivity index (χ4v) is 7.62. The molecule has 2 fully saturated rings. The molecule has 12 heteroatoms. The average molecular weight is 607 g/mol. The number of rotatable bonds is 7. The molecule has 42 heavy (non-hydrogen) atoms. The van der Waals surface area contributed by atoms with Crippen molar-refractivity contribution in [2.24, 2.45) is 0 Å². The van der Waals surface area contributed by atoms with E-state index < -0.39 is 15.6 Å². The van der Waals surface area contributed by atoms with Crippen LogP contribution in [0.25, 0.3) is 11.0 Å². The molecule has 2 N–H and O–H groups in total. The normalized spacial score (nSPS) is 19.6. The topological polar surface area (TPSA) is 115 Å². The van der Waals surface area contributed by atoms with E-state index in [-0.39, 0.29) is 22.5 Å². The van der Waals surface area contributed by atoms with Crippen LogP contribution < -0.4 is 10.2 Å². The number of hydrogen-bond acceptors (Lipinski definition) is 8. The monoisotopic (exact) mass is 606 g/mol. The van der Waals surface area contributed by atoms with E-state index in [1.54, 1.807) is 12.1 Å². The van der Waals surface area contributed by atoms with E-state index >= 15 is 0 Å². The Morgan fingerprint density at radius 3 is 2.26 bits per heavy atom. The summed E-state index contributed by atoms with van der Waals surface area (Å²) >= 11 is 5.97. The molecule has 2 aliphatic heterocycles. The number of likely N-dealkylation sites (tertiary alicyclic amines) is 1. The van der Waals surface area contributed by atoms with Gasteiger partial charge in [0.05, 0.1) is 11.7 Å². The zero-order chi connectivity index (χ0) is 29.5. The number of aliphatic hydroxyl groups is 1. The highest BCUT2D eigenvalue weighted by Gasteiger charge is 2.46. The first-order valence-corrected chi connectivity index (χ1v) is 15.9. The van der Waals surface area contributed by atoms with Crippen LogP contribution in [0.5, 0.6) is 0 Å². The van der Waals surface area contributed by atoms with Crippen LogP contribution in [0.4, 0.5) is 5.69 Å². The summed E-state index contributed by atoms with van der Waals surface area (Å²) in [5, 5.41) is 24.6. The average Bonchev–Trinajstić information content (AvgIpc) is 3.78. The molecular weight excluding hydrogens is 573 g/mol. The first-order valence-electron chi connectivity index (χ1n) is 14.0. The second kappa shape index (κ2) is 11.3. The van der Waals surface area contributed by atoms with Gasteiger partial charge in [0, 0.05) is 39.8 Å². The molecule has 0 bridgehead atoms. The van der Waals surface area contributed by atoms with Crippen molar-refractivity contribution in [3.8, 4) is 0 Å².